The number of aliphatic hydroxyl groups is 1. The van der Waals surface area contributed by atoms with E-state index in [0.29, 0.717) is 6.61 Å². The number of nitrogens with zero attached hydrogens (tertiary/aromatic N) is 2. The fourth-order valence-electron chi connectivity index (χ4n) is 3.72. The molecular formula is C16H20N2O4S2. The van der Waals surface area contributed by atoms with Gasteiger partial charge >= 0.3 is 0 Å². The standard InChI is InChI=1S/C16H20N2O4S2/c1-17-13(21)15(23,9-19)16(24)14(17,12(20)18(16)2)10-22-8-11-6-4-3-5-7-11/h3-7,19,23-24H,8-10H2,1-2H3/t14?,15-,16?/m0/s1. The van der Waals surface area contributed by atoms with Crippen molar-refractivity contribution in [1.29, 1.82) is 0 Å². The van der Waals surface area contributed by atoms with Crippen LogP contribution in [0.15, 0.2) is 30.3 Å². The van der Waals surface area contributed by atoms with Crippen molar-refractivity contribution in [2.75, 3.05) is 27.3 Å². The zero-order valence-corrected chi connectivity index (χ0v) is 15.3. The summed E-state index contributed by atoms with van der Waals surface area (Å²) in [7, 11) is 3.08. The Morgan fingerprint density at radius 1 is 1.08 bits per heavy atom. The van der Waals surface area contributed by atoms with Crippen LogP contribution >= 0.6 is 25.3 Å². The number of aliphatic hydroxyl groups excluding tert-OH is 1. The minimum Gasteiger partial charge on any atom is -0.394 e. The van der Waals surface area contributed by atoms with Crippen molar-refractivity contribution in [1.82, 2.24) is 9.80 Å². The lowest BCUT2D eigenvalue weighted by Gasteiger charge is -2.61. The normalized spacial score (nSPS) is 35.2. The number of ether oxygens (including phenoxy) is 1. The summed E-state index contributed by atoms with van der Waals surface area (Å²) in [5, 5.41) is 9.77. The second-order valence-electron chi connectivity index (χ2n) is 6.26. The first-order valence-electron chi connectivity index (χ1n) is 7.51. The molecule has 0 spiro atoms. The maximum Gasteiger partial charge on any atom is 0.255 e. The molecule has 0 radical (unpaired) electrons. The van der Waals surface area contributed by atoms with Crippen molar-refractivity contribution >= 4 is 37.1 Å². The third-order valence-electron chi connectivity index (χ3n) is 5.18. The van der Waals surface area contributed by atoms with Gasteiger partial charge in [0, 0.05) is 14.1 Å². The van der Waals surface area contributed by atoms with Crippen molar-refractivity contribution in [3.63, 3.8) is 0 Å². The van der Waals surface area contributed by atoms with Crippen LogP contribution in [-0.2, 0) is 20.9 Å². The van der Waals surface area contributed by atoms with Gasteiger partial charge in [-0.2, -0.15) is 12.6 Å². The summed E-state index contributed by atoms with van der Waals surface area (Å²) in [4.78, 5) is 26.7. The number of β-lactam (4-membered cyclic amide) rings is 1. The van der Waals surface area contributed by atoms with Crippen LogP contribution in [0.2, 0.25) is 0 Å². The Bertz CT molecular complexity index is 688. The van der Waals surface area contributed by atoms with Gasteiger partial charge < -0.3 is 19.6 Å². The first-order valence-corrected chi connectivity index (χ1v) is 8.40. The number of thiol groups is 2. The summed E-state index contributed by atoms with van der Waals surface area (Å²) in [5.41, 5.74) is -0.314. The molecule has 0 bridgehead atoms. The predicted molar refractivity (Wildman–Crippen MR) is 94.9 cm³/mol. The number of likely N-dealkylation sites (N-methyl/N-ethyl adjacent to an activating group) is 2. The molecule has 6 nitrogen and oxygen atoms in total. The van der Waals surface area contributed by atoms with E-state index in [1.165, 1.54) is 16.8 Å². The van der Waals surface area contributed by atoms with Gasteiger partial charge in [-0.1, -0.05) is 30.3 Å². The molecule has 3 atom stereocenters. The van der Waals surface area contributed by atoms with Crippen LogP contribution in [0.4, 0.5) is 0 Å². The van der Waals surface area contributed by atoms with E-state index in [2.05, 4.69) is 25.3 Å². The number of hydrogen-bond donors (Lipinski definition) is 3. The lowest BCUT2D eigenvalue weighted by Crippen LogP contribution is -2.85. The summed E-state index contributed by atoms with van der Waals surface area (Å²) >= 11 is 9.04. The molecule has 2 fully saturated rings. The highest BCUT2D eigenvalue weighted by Crippen LogP contribution is 2.60. The number of hydrogen-bond acceptors (Lipinski definition) is 6. The third kappa shape index (κ3) is 1.82. The Balaban J connectivity index is 1.89. The van der Waals surface area contributed by atoms with E-state index in [-0.39, 0.29) is 12.5 Å². The SMILES string of the molecule is CN1C(=O)[C@@](S)(CO)C2(S)N(C)C(=O)C12COCc1ccccc1. The van der Waals surface area contributed by atoms with Crippen LogP contribution in [0, 0.1) is 0 Å². The van der Waals surface area contributed by atoms with Crippen molar-refractivity contribution < 1.29 is 19.4 Å². The van der Waals surface area contributed by atoms with Gasteiger partial charge in [-0.3, -0.25) is 9.59 Å². The lowest BCUT2D eigenvalue weighted by atomic mass is 9.75. The van der Waals surface area contributed by atoms with Gasteiger partial charge in [-0.25, -0.2) is 0 Å². The van der Waals surface area contributed by atoms with Crippen LogP contribution in [0.1, 0.15) is 5.56 Å². The Morgan fingerprint density at radius 3 is 2.29 bits per heavy atom. The number of carbonyl (C=O) groups is 2. The summed E-state index contributed by atoms with van der Waals surface area (Å²) in [6.07, 6.45) is 0. The lowest BCUT2D eigenvalue weighted by molar-refractivity contribution is -0.179. The van der Waals surface area contributed by atoms with E-state index in [1.807, 2.05) is 30.3 Å². The van der Waals surface area contributed by atoms with E-state index in [0.717, 1.165) is 5.56 Å². The molecule has 2 heterocycles. The fraction of sp³-hybridized carbons (Fsp3) is 0.500. The summed E-state index contributed by atoms with van der Waals surface area (Å²) in [6.45, 7) is -0.232. The van der Waals surface area contributed by atoms with Crippen LogP contribution in [0.5, 0.6) is 0 Å². The molecule has 0 aromatic heterocycles. The molecule has 1 aromatic carbocycles. The number of benzene rings is 1. The van der Waals surface area contributed by atoms with E-state index in [1.54, 1.807) is 7.05 Å². The summed E-state index contributed by atoms with van der Waals surface area (Å²) in [6, 6.07) is 9.54. The number of fused-ring (bicyclic) bond motifs is 1. The fourth-order valence-corrected chi connectivity index (χ4v) is 4.77. The van der Waals surface area contributed by atoms with Crippen molar-refractivity contribution in [2.45, 2.75) is 21.8 Å². The van der Waals surface area contributed by atoms with Crippen LogP contribution in [0.3, 0.4) is 0 Å². The molecular weight excluding hydrogens is 348 g/mol. The number of amides is 2. The van der Waals surface area contributed by atoms with Crippen molar-refractivity contribution in [2.24, 2.45) is 0 Å². The highest BCUT2D eigenvalue weighted by molar-refractivity contribution is 7.87. The van der Waals surface area contributed by atoms with Crippen LogP contribution < -0.4 is 0 Å². The van der Waals surface area contributed by atoms with Gasteiger partial charge in [0.25, 0.3) is 5.91 Å². The Labute approximate surface area is 151 Å². The molecule has 24 heavy (non-hydrogen) atoms. The zero-order valence-electron chi connectivity index (χ0n) is 13.5. The van der Waals surface area contributed by atoms with Gasteiger partial charge in [0.05, 0.1) is 19.8 Å². The van der Waals surface area contributed by atoms with Gasteiger partial charge in [-0.05, 0) is 5.56 Å². The van der Waals surface area contributed by atoms with E-state index >= 15 is 0 Å². The third-order valence-corrected chi connectivity index (χ3v) is 7.06. The molecule has 2 saturated heterocycles. The maximum absolute atomic E-state index is 12.7. The molecule has 0 saturated carbocycles. The highest BCUT2D eigenvalue weighted by atomic mass is 32.1. The number of carbonyl (C=O) groups excluding carboxylic acids is 2. The van der Waals surface area contributed by atoms with E-state index in [9.17, 15) is 14.7 Å². The molecule has 2 amide bonds. The Hall–Kier alpha value is -1.22. The zero-order chi connectivity index (χ0) is 17.8. The minimum atomic E-state index is -1.48. The topological polar surface area (TPSA) is 70.1 Å². The van der Waals surface area contributed by atoms with E-state index in [4.69, 9.17) is 4.74 Å². The first-order chi connectivity index (χ1) is 11.3. The predicted octanol–water partition coefficient (Wildman–Crippen LogP) is 0.173. The second-order valence-corrected chi connectivity index (χ2v) is 7.67. The maximum atomic E-state index is 12.7. The average molecular weight is 368 g/mol. The van der Waals surface area contributed by atoms with Gasteiger partial charge in [-0.15, -0.1) is 12.6 Å². The first kappa shape index (κ1) is 17.6. The summed E-state index contributed by atoms with van der Waals surface area (Å²) < 4.78 is 4.28. The molecule has 2 aliphatic rings. The molecule has 1 aromatic rings. The second kappa shape index (κ2) is 5.66. The molecule has 130 valence electrons. The average Bonchev–Trinajstić information content (AvgIpc) is 2.72. The van der Waals surface area contributed by atoms with Gasteiger partial charge in [0.1, 0.15) is 4.87 Å². The molecule has 2 aliphatic heterocycles. The molecule has 8 heteroatoms. The quantitative estimate of drug-likeness (QED) is 0.512. The molecule has 0 aliphatic carbocycles. The molecule has 1 N–H and O–H groups in total. The van der Waals surface area contributed by atoms with Crippen molar-refractivity contribution in [3.05, 3.63) is 35.9 Å². The Kier molecular flexibility index (Phi) is 4.15. The summed E-state index contributed by atoms with van der Waals surface area (Å²) in [5.74, 6) is -0.713. The Morgan fingerprint density at radius 2 is 1.71 bits per heavy atom. The number of rotatable bonds is 5. The minimum absolute atomic E-state index is 0.0148. The van der Waals surface area contributed by atoms with Gasteiger partial charge in [0.15, 0.2) is 10.3 Å². The monoisotopic (exact) mass is 368 g/mol. The van der Waals surface area contributed by atoms with E-state index < -0.39 is 27.7 Å². The smallest absolute Gasteiger partial charge is 0.255 e. The molecule has 3 rings (SSSR count). The molecule has 2 unspecified atom stereocenters. The largest absolute Gasteiger partial charge is 0.394 e. The number of likely N-dealkylation sites (tertiary alicyclic amines) is 2. The highest BCUT2D eigenvalue weighted by Gasteiger charge is 2.85. The van der Waals surface area contributed by atoms with Gasteiger partial charge in [0.2, 0.25) is 5.91 Å². The van der Waals surface area contributed by atoms with Crippen LogP contribution in [-0.4, -0.2) is 69.2 Å². The van der Waals surface area contributed by atoms with Crippen LogP contribution in [0.25, 0.3) is 0 Å². The van der Waals surface area contributed by atoms with Crippen molar-refractivity contribution in [3.8, 4) is 0 Å².